The SMILES string of the molecule is [CH2][C@H]1CNC[C@@H](CCc2c(F)cncc2NC(=O)[C@@H](N)C(c2ccc(F)cc2)c2ccc(F)cc2)O1. The largest absolute Gasteiger partial charge is 0.372 e. The molecule has 6 nitrogen and oxygen atoms in total. The molecule has 3 atom stereocenters. The lowest BCUT2D eigenvalue weighted by Crippen LogP contribution is -2.43. The van der Waals surface area contributed by atoms with Gasteiger partial charge in [0.25, 0.3) is 0 Å². The predicted molar refractivity (Wildman–Crippen MR) is 131 cm³/mol. The van der Waals surface area contributed by atoms with Gasteiger partial charge in [-0.15, -0.1) is 0 Å². The van der Waals surface area contributed by atoms with Gasteiger partial charge in [-0.1, -0.05) is 24.3 Å². The van der Waals surface area contributed by atoms with E-state index in [1.807, 2.05) is 0 Å². The third kappa shape index (κ3) is 6.29. The van der Waals surface area contributed by atoms with Gasteiger partial charge in [0.15, 0.2) is 0 Å². The Hall–Kier alpha value is -3.27. The Bertz CT molecular complexity index is 1130. The average molecular weight is 498 g/mol. The van der Waals surface area contributed by atoms with Crippen molar-refractivity contribution in [1.82, 2.24) is 10.3 Å². The standard InChI is InChI=1S/C27H28F3N4O2/c1-16-12-32-13-21(36-16)10-11-22-23(30)14-33-15-24(22)34-27(35)26(31)25(17-2-6-19(28)7-3-17)18-4-8-20(29)9-5-18/h2-9,14-16,21,25-26,32H,1,10-13,31H2,(H,34,35)/t16-,21+,26-/m0/s1. The first-order valence-electron chi connectivity index (χ1n) is 11.7. The molecule has 1 saturated heterocycles. The van der Waals surface area contributed by atoms with E-state index < -0.39 is 35.3 Å². The van der Waals surface area contributed by atoms with Crippen LogP contribution in [-0.2, 0) is 16.0 Å². The van der Waals surface area contributed by atoms with Gasteiger partial charge >= 0.3 is 0 Å². The summed E-state index contributed by atoms with van der Waals surface area (Å²) in [5, 5.41) is 5.93. The van der Waals surface area contributed by atoms with Crippen molar-refractivity contribution in [2.45, 2.75) is 37.0 Å². The number of benzene rings is 2. The van der Waals surface area contributed by atoms with E-state index >= 15 is 0 Å². The van der Waals surface area contributed by atoms with Crippen LogP contribution in [0.1, 0.15) is 29.0 Å². The van der Waals surface area contributed by atoms with Crippen LogP contribution >= 0.6 is 0 Å². The fourth-order valence-corrected chi connectivity index (χ4v) is 4.39. The van der Waals surface area contributed by atoms with Crippen molar-refractivity contribution in [3.63, 3.8) is 0 Å². The number of carbonyl (C=O) groups excluding carboxylic acids is 1. The van der Waals surface area contributed by atoms with Crippen LogP contribution in [0.25, 0.3) is 0 Å². The number of nitrogens with one attached hydrogen (secondary N) is 2. The molecular weight excluding hydrogens is 469 g/mol. The summed E-state index contributed by atoms with van der Waals surface area (Å²) in [5.41, 5.74) is 8.05. The second-order valence-electron chi connectivity index (χ2n) is 8.82. The van der Waals surface area contributed by atoms with Crippen molar-refractivity contribution in [3.05, 3.63) is 102 Å². The molecule has 9 heteroatoms. The molecule has 0 bridgehead atoms. The molecule has 0 spiro atoms. The van der Waals surface area contributed by atoms with E-state index in [-0.39, 0.29) is 17.9 Å². The topological polar surface area (TPSA) is 89.3 Å². The van der Waals surface area contributed by atoms with Crippen LogP contribution in [0.5, 0.6) is 0 Å². The maximum Gasteiger partial charge on any atom is 0.242 e. The van der Waals surface area contributed by atoms with Crippen molar-refractivity contribution in [3.8, 4) is 0 Å². The van der Waals surface area contributed by atoms with Gasteiger partial charge in [0.2, 0.25) is 5.91 Å². The molecule has 1 aliphatic rings. The molecule has 189 valence electrons. The Morgan fingerprint density at radius 3 is 2.25 bits per heavy atom. The molecule has 2 heterocycles. The highest BCUT2D eigenvalue weighted by atomic mass is 19.1. The Morgan fingerprint density at radius 1 is 1.06 bits per heavy atom. The van der Waals surface area contributed by atoms with Crippen LogP contribution in [0.15, 0.2) is 60.9 Å². The maximum atomic E-state index is 14.7. The second kappa shape index (κ2) is 11.6. The van der Waals surface area contributed by atoms with E-state index in [0.717, 1.165) is 6.20 Å². The van der Waals surface area contributed by atoms with E-state index in [2.05, 4.69) is 22.5 Å². The van der Waals surface area contributed by atoms with Crippen molar-refractivity contribution in [2.24, 2.45) is 5.73 Å². The third-order valence-corrected chi connectivity index (χ3v) is 6.23. The molecule has 0 unspecified atom stereocenters. The minimum Gasteiger partial charge on any atom is -0.372 e. The minimum atomic E-state index is -1.14. The van der Waals surface area contributed by atoms with Gasteiger partial charge in [0.05, 0.1) is 36.3 Å². The second-order valence-corrected chi connectivity index (χ2v) is 8.82. The van der Waals surface area contributed by atoms with E-state index in [1.54, 1.807) is 0 Å². The lowest BCUT2D eigenvalue weighted by atomic mass is 9.85. The number of nitrogens with two attached hydrogens (primary N) is 1. The number of amides is 1. The highest BCUT2D eigenvalue weighted by Gasteiger charge is 2.29. The molecule has 1 radical (unpaired) electrons. The fourth-order valence-electron chi connectivity index (χ4n) is 4.39. The fraction of sp³-hybridized carbons (Fsp3) is 0.296. The zero-order valence-corrected chi connectivity index (χ0v) is 19.6. The zero-order valence-electron chi connectivity index (χ0n) is 19.6. The van der Waals surface area contributed by atoms with Gasteiger partial charge in [0, 0.05) is 24.6 Å². The molecular formula is C27H28F3N4O2. The van der Waals surface area contributed by atoms with Gasteiger partial charge in [-0.2, -0.15) is 0 Å². The summed E-state index contributed by atoms with van der Waals surface area (Å²) >= 11 is 0. The lowest BCUT2D eigenvalue weighted by molar-refractivity contribution is -0.117. The van der Waals surface area contributed by atoms with Gasteiger partial charge in [-0.3, -0.25) is 9.78 Å². The quantitative estimate of drug-likeness (QED) is 0.442. The summed E-state index contributed by atoms with van der Waals surface area (Å²) in [6.45, 7) is 5.17. The Balaban J connectivity index is 1.55. The van der Waals surface area contributed by atoms with Crippen molar-refractivity contribution < 1.29 is 22.7 Å². The summed E-state index contributed by atoms with van der Waals surface area (Å²) in [4.78, 5) is 17.1. The lowest BCUT2D eigenvalue weighted by Gasteiger charge is -2.29. The average Bonchev–Trinajstić information content (AvgIpc) is 2.86. The molecule has 1 aromatic heterocycles. The van der Waals surface area contributed by atoms with Crippen LogP contribution < -0.4 is 16.4 Å². The number of hydrogen-bond acceptors (Lipinski definition) is 5. The number of morpholine rings is 1. The molecule has 1 aliphatic heterocycles. The number of rotatable bonds is 8. The Morgan fingerprint density at radius 2 is 1.67 bits per heavy atom. The number of ether oxygens (including phenoxy) is 1. The number of aromatic nitrogens is 1. The van der Waals surface area contributed by atoms with E-state index in [9.17, 15) is 18.0 Å². The van der Waals surface area contributed by atoms with Gasteiger partial charge in [-0.25, -0.2) is 13.2 Å². The zero-order chi connectivity index (χ0) is 25.7. The first-order chi connectivity index (χ1) is 17.3. The van der Waals surface area contributed by atoms with Crippen molar-refractivity contribution in [1.29, 1.82) is 0 Å². The maximum absolute atomic E-state index is 14.7. The first kappa shape index (κ1) is 25.8. The molecule has 36 heavy (non-hydrogen) atoms. The summed E-state index contributed by atoms with van der Waals surface area (Å²) in [6, 6.07) is 10.0. The summed E-state index contributed by atoms with van der Waals surface area (Å²) < 4.78 is 47.6. The van der Waals surface area contributed by atoms with Crippen LogP contribution in [0, 0.1) is 24.4 Å². The number of nitrogens with zero attached hydrogens (tertiary/aromatic N) is 1. The molecule has 0 aliphatic carbocycles. The number of hydrogen-bond donors (Lipinski definition) is 3. The predicted octanol–water partition coefficient (Wildman–Crippen LogP) is 3.72. The number of halogens is 3. The molecule has 1 fully saturated rings. The Kier molecular flexibility index (Phi) is 8.35. The van der Waals surface area contributed by atoms with Gasteiger partial charge < -0.3 is 21.1 Å². The highest BCUT2D eigenvalue weighted by Crippen LogP contribution is 2.29. The van der Waals surface area contributed by atoms with Crippen LogP contribution in [0.3, 0.4) is 0 Å². The number of pyridine rings is 1. The van der Waals surface area contributed by atoms with Crippen molar-refractivity contribution >= 4 is 11.6 Å². The Labute approximate surface area is 208 Å². The number of anilines is 1. The van der Waals surface area contributed by atoms with Gasteiger partial charge in [-0.05, 0) is 55.2 Å². The summed E-state index contributed by atoms with van der Waals surface area (Å²) in [5.74, 6) is -2.72. The normalized spacial score (nSPS) is 18.7. The highest BCUT2D eigenvalue weighted by molar-refractivity contribution is 5.96. The van der Waals surface area contributed by atoms with Crippen LogP contribution in [0.2, 0.25) is 0 Å². The minimum absolute atomic E-state index is 0.138. The van der Waals surface area contributed by atoms with E-state index in [1.165, 1.54) is 54.7 Å². The van der Waals surface area contributed by atoms with Gasteiger partial charge in [0.1, 0.15) is 17.5 Å². The molecule has 4 rings (SSSR count). The molecule has 3 aromatic rings. The van der Waals surface area contributed by atoms with Crippen molar-refractivity contribution in [2.75, 3.05) is 18.4 Å². The molecule has 4 N–H and O–H groups in total. The van der Waals surface area contributed by atoms with E-state index in [0.29, 0.717) is 42.6 Å². The number of carbonyl (C=O) groups is 1. The molecule has 1 amide bonds. The monoisotopic (exact) mass is 497 g/mol. The first-order valence-corrected chi connectivity index (χ1v) is 11.7. The summed E-state index contributed by atoms with van der Waals surface area (Å²) in [6.07, 6.45) is 2.96. The molecule has 2 aromatic carbocycles. The van der Waals surface area contributed by atoms with E-state index in [4.69, 9.17) is 10.5 Å². The van der Waals surface area contributed by atoms with Crippen LogP contribution in [0.4, 0.5) is 18.9 Å². The molecule has 0 saturated carbocycles. The smallest absolute Gasteiger partial charge is 0.242 e. The van der Waals surface area contributed by atoms with Crippen LogP contribution in [-0.4, -0.2) is 42.2 Å². The third-order valence-electron chi connectivity index (χ3n) is 6.23. The summed E-state index contributed by atoms with van der Waals surface area (Å²) in [7, 11) is 0.